The van der Waals surface area contributed by atoms with Gasteiger partial charge in [0.05, 0.1) is 19.6 Å². The number of nitrogens with one attached hydrogen (secondary N) is 3. The third-order valence-corrected chi connectivity index (χ3v) is 4.23. The van der Waals surface area contributed by atoms with Crippen LogP contribution in [0.25, 0.3) is 0 Å². The lowest BCUT2D eigenvalue weighted by molar-refractivity contribution is -0.566. The molecule has 0 aromatic heterocycles. The normalized spacial score (nSPS) is 28.5. The van der Waals surface area contributed by atoms with Crippen molar-refractivity contribution < 1.29 is 4.92 Å². The summed E-state index contributed by atoms with van der Waals surface area (Å²) in [5.74, 6) is 0. The molecular formula is C15H31N5O2. The minimum absolute atomic E-state index is 0.0161. The molecule has 3 N–H and O–H groups in total. The summed E-state index contributed by atoms with van der Waals surface area (Å²) in [6.07, 6.45) is 1.40. The van der Waals surface area contributed by atoms with Crippen molar-refractivity contribution in [2.75, 3.05) is 39.3 Å². The second-order valence-corrected chi connectivity index (χ2v) is 6.79. The first-order valence-electron chi connectivity index (χ1n) is 8.12. The number of nitrogens with zero attached hydrogens (tertiary/aromatic N) is 2. The highest BCUT2D eigenvalue weighted by Gasteiger charge is 2.40. The molecule has 0 fully saturated rings. The Bertz CT molecular complexity index is 397. The number of aliphatic imine (C=N–C) groups is 1. The second-order valence-electron chi connectivity index (χ2n) is 6.79. The quantitative estimate of drug-likeness (QED) is 0.519. The van der Waals surface area contributed by atoms with E-state index in [1.807, 2.05) is 13.8 Å². The van der Waals surface area contributed by atoms with Crippen molar-refractivity contribution in [3.63, 3.8) is 0 Å². The molecule has 7 nitrogen and oxygen atoms in total. The van der Waals surface area contributed by atoms with Crippen LogP contribution in [0.5, 0.6) is 0 Å². The van der Waals surface area contributed by atoms with Gasteiger partial charge in [-0.1, -0.05) is 6.92 Å². The summed E-state index contributed by atoms with van der Waals surface area (Å²) >= 11 is 0. The first kappa shape index (κ1) is 19.0. The summed E-state index contributed by atoms with van der Waals surface area (Å²) < 4.78 is 0. The lowest BCUT2D eigenvalue weighted by Crippen LogP contribution is -2.55. The van der Waals surface area contributed by atoms with E-state index in [2.05, 4.69) is 34.8 Å². The topological polar surface area (TPSA) is 91.6 Å². The van der Waals surface area contributed by atoms with Gasteiger partial charge < -0.3 is 16.0 Å². The van der Waals surface area contributed by atoms with Gasteiger partial charge in [-0.15, -0.1) is 0 Å². The highest BCUT2D eigenvalue weighted by molar-refractivity contribution is 5.82. The molecule has 1 aliphatic heterocycles. The SMILES string of the molecule is CCC1([N+](=O)[O-])CNCCN=C(C)CC(C)(C)NCCNC1. The van der Waals surface area contributed by atoms with Crippen molar-refractivity contribution in [2.45, 2.75) is 51.6 Å². The Kier molecular flexibility index (Phi) is 7.38. The molecule has 0 aliphatic carbocycles. The van der Waals surface area contributed by atoms with Crippen LogP contribution in [0.2, 0.25) is 0 Å². The van der Waals surface area contributed by atoms with E-state index < -0.39 is 5.54 Å². The zero-order valence-corrected chi connectivity index (χ0v) is 14.4. The number of hydrogen-bond acceptors (Lipinski definition) is 6. The summed E-state index contributed by atoms with van der Waals surface area (Å²) in [4.78, 5) is 15.9. The maximum Gasteiger partial charge on any atom is 0.246 e. The van der Waals surface area contributed by atoms with Crippen LogP contribution in [0.1, 0.15) is 40.5 Å². The molecule has 0 bridgehead atoms. The zero-order valence-electron chi connectivity index (χ0n) is 14.4. The number of rotatable bonds is 2. The average Bonchev–Trinajstić information content (AvgIpc) is 2.42. The van der Waals surface area contributed by atoms with E-state index in [0.717, 1.165) is 25.2 Å². The van der Waals surface area contributed by atoms with Crippen molar-refractivity contribution in [1.82, 2.24) is 16.0 Å². The van der Waals surface area contributed by atoms with E-state index in [1.165, 1.54) is 0 Å². The number of nitro groups is 1. The van der Waals surface area contributed by atoms with Gasteiger partial charge in [-0.25, -0.2) is 0 Å². The summed E-state index contributed by atoms with van der Waals surface area (Å²) in [5, 5.41) is 21.4. The van der Waals surface area contributed by atoms with E-state index in [-0.39, 0.29) is 10.5 Å². The van der Waals surface area contributed by atoms with E-state index in [9.17, 15) is 10.1 Å². The van der Waals surface area contributed by atoms with Crippen LogP contribution in [0.4, 0.5) is 0 Å². The first-order chi connectivity index (χ1) is 10.3. The van der Waals surface area contributed by atoms with Crippen LogP contribution in [0.3, 0.4) is 0 Å². The van der Waals surface area contributed by atoms with Gasteiger partial charge in [-0.05, 0) is 20.8 Å². The van der Waals surface area contributed by atoms with Crippen molar-refractivity contribution in [1.29, 1.82) is 0 Å². The van der Waals surface area contributed by atoms with Crippen LogP contribution in [-0.4, -0.2) is 61.0 Å². The molecule has 0 saturated heterocycles. The van der Waals surface area contributed by atoms with E-state index in [1.54, 1.807) is 0 Å². The fraction of sp³-hybridized carbons (Fsp3) is 0.933. The zero-order chi connectivity index (χ0) is 16.6. The van der Waals surface area contributed by atoms with Crippen molar-refractivity contribution in [3.8, 4) is 0 Å². The Morgan fingerprint density at radius 2 is 1.86 bits per heavy atom. The average molecular weight is 313 g/mol. The predicted octanol–water partition coefficient (Wildman–Crippen LogP) is 0.824. The lowest BCUT2D eigenvalue weighted by Gasteiger charge is -2.28. The molecule has 128 valence electrons. The van der Waals surface area contributed by atoms with E-state index in [0.29, 0.717) is 32.6 Å². The molecule has 1 heterocycles. The Morgan fingerprint density at radius 3 is 2.45 bits per heavy atom. The Hall–Kier alpha value is -1.05. The van der Waals surface area contributed by atoms with Crippen LogP contribution in [0, 0.1) is 10.1 Å². The Balaban J connectivity index is 2.75. The Labute approximate surface area is 133 Å². The molecule has 1 aliphatic rings. The second kappa shape index (κ2) is 8.55. The van der Waals surface area contributed by atoms with Gasteiger partial charge in [-0.2, -0.15) is 0 Å². The van der Waals surface area contributed by atoms with Crippen molar-refractivity contribution in [3.05, 3.63) is 10.1 Å². The molecular weight excluding hydrogens is 282 g/mol. The molecule has 22 heavy (non-hydrogen) atoms. The fourth-order valence-corrected chi connectivity index (χ4v) is 2.79. The molecule has 0 amide bonds. The minimum atomic E-state index is -0.946. The maximum atomic E-state index is 11.5. The van der Waals surface area contributed by atoms with Gasteiger partial charge in [0.1, 0.15) is 0 Å². The van der Waals surface area contributed by atoms with E-state index in [4.69, 9.17) is 0 Å². The van der Waals surface area contributed by atoms with Crippen LogP contribution in [0.15, 0.2) is 4.99 Å². The molecule has 0 aromatic carbocycles. The summed E-state index contributed by atoms with van der Waals surface area (Å²) in [6.45, 7) is 11.8. The molecule has 0 saturated carbocycles. The fourth-order valence-electron chi connectivity index (χ4n) is 2.79. The van der Waals surface area contributed by atoms with Crippen LogP contribution >= 0.6 is 0 Å². The van der Waals surface area contributed by atoms with Crippen molar-refractivity contribution in [2.24, 2.45) is 4.99 Å². The number of hydrogen-bond donors (Lipinski definition) is 3. The highest BCUT2D eigenvalue weighted by atomic mass is 16.6. The van der Waals surface area contributed by atoms with Gasteiger partial charge in [0.25, 0.3) is 0 Å². The summed E-state index contributed by atoms with van der Waals surface area (Å²) in [6, 6.07) is 0. The van der Waals surface area contributed by atoms with Crippen LogP contribution in [-0.2, 0) is 0 Å². The summed E-state index contributed by atoms with van der Waals surface area (Å²) in [5.41, 5.74) is 0.149. The smallest absolute Gasteiger partial charge is 0.246 e. The predicted molar refractivity (Wildman–Crippen MR) is 90.4 cm³/mol. The van der Waals surface area contributed by atoms with Gasteiger partial charge in [-0.3, -0.25) is 15.1 Å². The first-order valence-corrected chi connectivity index (χ1v) is 8.12. The molecule has 0 aromatic rings. The third kappa shape index (κ3) is 5.98. The molecule has 1 rings (SSSR count). The van der Waals surface area contributed by atoms with E-state index >= 15 is 0 Å². The van der Waals surface area contributed by atoms with Gasteiger partial charge >= 0.3 is 0 Å². The largest absolute Gasteiger partial charge is 0.310 e. The monoisotopic (exact) mass is 313 g/mol. The van der Waals surface area contributed by atoms with Gasteiger partial charge in [0.15, 0.2) is 0 Å². The van der Waals surface area contributed by atoms with Gasteiger partial charge in [0.2, 0.25) is 5.54 Å². The Morgan fingerprint density at radius 1 is 1.23 bits per heavy atom. The minimum Gasteiger partial charge on any atom is -0.310 e. The highest BCUT2D eigenvalue weighted by Crippen LogP contribution is 2.13. The molecule has 1 unspecified atom stereocenters. The lowest BCUT2D eigenvalue weighted by atomic mass is 9.96. The third-order valence-electron chi connectivity index (χ3n) is 4.23. The van der Waals surface area contributed by atoms with Crippen LogP contribution < -0.4 is 16.0 Å². The van der Waals surface area contributed by atoms with Crippen molar-refractivity contribution >= 4 is 5.71 Å². The maximum absolute atomic E-state index is 11.5. The molecule has 1 atom stereocenters. The molecule has 0 spiro atoms. The molecule has 7 heteroatoms. The standard InChI is InChI=1S/C15H31N5O2/c1-5-15(20(21)22)11-16-6-8-18-13(2)10-14(3,4)19-9-7-17-12-15/h16-17,19H,5-12H2,1-4H3. The molecule has 0 radical (unpaired) electrons. The summed E-state index contributed by atoms with van der Waals surface area (Å²) in [7, 11) is 0. The van der Waals surface area contributed by atoms with Gasteiger partial charge in [0, 0.05) is 48.6 Å².